The Morgan fingerprint density at radius 3 is 2.74 bits per heavy atom. The number of carbonyl (C=O) groups is 1. The van der Waals surface area contributed by atoms with E-state index in [0.29, 0.717) is 12.3 Å². The molecule has 1 unspecified atom stereocenters. The summed E-state index contributed by atoms with van der Waals surface area (Å²) >= 11 is 6.84. The van der Waals surface area contributed by atoms with Gasteiger partial charge in [0.15, 0.2) is 5.69 Å². The molecule has 1 fully saturated rings. The standard InChI is InChI=1S/C10H9BrF3N3OS/c11-6-2-15-9(16-8(6)10(12,13)14)17-3-5(4-19)1-7(17)18/h2,5,19H,1,3-4H2. The van der Waals surface area contributed by atoms with Gasteiger partial charge in [-0.1, -0.05) is 0 Å². The Hall–Kier alpha value is -0.830. The summed E-state index contributed by atoms with van der Waals surface area (Å²) in [5, 5.41) is 0. The molecule has 4 nitrogen and oxygen atoms in total. The van der Waals surface area contributed by atoms with Gasteiger partial charge in [0.2, 0.25) is 11.9 Å². The van der Waals surface area contributed by atoms with Crippen molar-refractivity contribution in [3.05, 3.63) is 16.4 Å². The van der Waals surface area contributed by atoms with Crippen molar-refractivity contribution in [3.8, 4) is 0 Å². The lowest BCUT2D eigenvalue weighted by molar-refractivity contribution is -0.141. The van der Waals surface area contributed by atoms with Crippen molar-refractivity contribution in [1.82, 2.24) is 9.97 Å². The highest BCUT2D eigenvalue weighted by molar-refractivity contribution is 9.10. The molecule has 1 aliphatic heterocycles. The highest BCUT2D eigenvalue weighted by atomic mass is 79.9. The van der Waals surface area contributed by atoms with E-state index in [1.165, 1.54) is 4.90 Å². The summed E-state index contributed by atoms with van der Waals surface area (Å²) in [5.41, 5.74) is -1.08. The van der Waals surface area contributed by atoms with Crippen LogP contribution in [-0.2, 0) is 11.0 Å². The molecule has 1 saturated heterocycles. The lowest BCUT2D eigenvalue weighted by atomic mass is 10.1. The minimum atomic E-state index is -4.59. The number of nitrogens with zero attached hydrogens (tertiary/aromatic N) is 3. The van der Waals surface area contributed by atoms with Crippen LogP contribution in [0.25, 0.3) is 0 Å². The van der Waals surface area contributed by atoms with Crippen LogP contribution in [0.1, 0.15) is 12.1 Å². The maximum absolute atomic E-state index is 12.7. The van der Waals surface area contributed by atoms with Gasteiger partial charge in [0.1, 0.15) is 0 Å². The molecule has 19 heavy (non-hydrogen) atoms. The molecule has 9 heteroatoms. The zero-order valence-electron chi connectivity index (χ0n) is 9.48. The van der Waals surface area contributed by atoms with Crippen LogP contribution in [0.15, 0.2) is 10.7 Å². The van der Waals surface area contributed by atoms with E-state index in [9.17, 15) is 18.0 Å². The summed E-state index contributed by atoms with van der Waals surface area (Å²) < 4.78 is 37.9. The second-order valence-electron chi connectivity index (χ2n) is 4.12. The van der Waals surface area contributed by atoms with E-state index in [1.807, 2.05) is 0 Å². The van der Waals surface area contributed by atoms with Crippen molar-refractivity contribution >= 4 is 40.4 Å². The Labute approximate surface area is 120 Å². The second kappa shape index (κ2) is 5.28. The van der Waals surface area contributed by atoms with Crippen molar-refractivity contribution in [1.29, 1.82) is 0 Å². The Morgan fingerprint density at radius 1 is 1.53 bits per heavy atom. The van der Waals surface area contributed by atoms with Crippen LogP contribution in [0.2, 0.25) is 0 Å². The van der Waals surface area contributed by atoms with Crippen LogP contribution < -0.4 is 4.90 Å². The Kier molecular flexibility index (Phi) is 4.05. The predicted molar refractivity (Wildman–Crippen MR) is 69.0 cm³/mol. The van der Waals surface area contributed by atoms with E-state index in [4.69, 9.17) is 0 Å². The monoisotopic (exact) mass is 355 g/mol. The average Bonchev–Trinajstić information content (AvgIpc) is 2.70. The molecule has 0 saturated carbocycles. The maximum atomic E-state index is 12.7. The summed E-state index contributed by atoms with van der Waals surface area (Å²) in [7, 11) is 0. The number of thiol groups is 1. The number of hydrogen-bond acceptors (Lipinski definition) is 4. The number of aromatic nitrogens is 2. The highest BCUT2D eigenvalue weighted by Gasteiger charge is 2.38. The molecule has 1 aromatic heterocycles. The molecule has 2 heterocycles. The van der Waals surface area contributed by atoms with Gasteiger partial charge in [0, 0.05) is 19.2 Å². The van der Waals surface area contributed by atoms with Crippen molar-refractivity contribution < 1.29 is 18.0 Å². The number of alkyl halides is 3. The first kappa shape index (κ1) is 14.6. The fraction of sp³-hybridized carbons (Fsp3) is 0.500. The number of rotatable bonds is 2. The van der Waals surface area contributed by atoms with Gasteiger partial charge in [-0.05, 0) is 27.6 Å². The van der Waals surface area contributed by atoms with Crippen molar-refractivity contribution in [2.24, 2.45) is 5.92 Å². The summed E-state index contributed by atoms with van der Waals surface area (Å²) in [5.74, 6) is 0.00182. The number of halogens is 4. The first-order valence-electron chi connectivity index (χ1n) is 5.34. The van der Waals surface area contributed by atoms with E-state index in [1.54, 1.807) is 0 Å². The summed E-state index contributed by atoms with van der Waals surface area (Å²) in [6, 6.07) is 0. The van der Waals surface area contributed by atoms with Crippen LogP contribution in [0.4, 0.5) is 19.1 Å². The van der Waals surface area contributed by atoms with Gasteiger partial charge in [-0.25, -0.2) is 9.97 Å². The molecule has 0 aliphatic carbocycles. The lowest BCUT2D eigenvalue weighted by Crippen LogP contribution is -2.28. The Balaban J connectivity index is 2.34. The zero-order valence-corrected chi connectivity index (χ0v) is 12.0. The molecule has 1 amide bonds. The fourth-order valence-corrected chi connectivity index (χ4v) is 2.44. The largest absolute Gasteiger partial charge is 0.434 e. The number of anilines is 1. The predicted octanol–water partition coefficient (Wildman–Crippen LogP) is 2.54. The summed E-state index contributed by atoms with van der Waals surface area (Å²) in [6.45, 7) is 0.293. The van der Waals surface area contributed by atoms with Crippen molar-refractivity contribution in [3.63, 3.8) is 0 Å². The highest BCUT2D eigenvalue weighted by Crippen LogP contribution is 2.34. The molecular weight excluding hydrogens is 347 g/mol. The van der Waals surface area contributed by atoms with Gasteiger partial charge in [-0.15, -0.1) is 0 Å². The van der Waals surface area contributed by atoms with Gasteiger partial charge in [0.25, 0.3) is 0 Å². The summed E-state index contributed by atoms with van der Waals surface area (Å²) in [4.78, 5) is 20.1. The van der Waals surface area contributed by atoms with Crippen LogP contribution in [0.3, 0.4) is 0 Å². The first-order chi connectivity index (χ1) is 8.82. The van der Waals surface area contributed by atoms with E-state index < -0.39 is 11.9 Å². The van der Waals surface area contributed by atoms with E-state index in [0.717, 1.165) is 6.20 Å². The smallest absolute Gasteiger partial charge is 0.280 e. The maximum Gasteiger partial charge on any atom is 0.434 e. The lowest BCUT2D eigenvalue weighted by Gasteiger charge is -2.16. The minimum absolute atomic E-state index is 0.0115. The van der Waals surface area contributed by atoms with Crippen molar-refractivity contribution in [2.45, 2.75) is 12.6 Å². The van der Waals surface area contributed by atoms with Crippen LogP contribution >= 0.6 is 28.6 Å². The molecule has 1 aliphatic rings. The molecular formula is C10H9BrF3N3OS. The molecule has 0 spiro atoms. The molecule has 1 atom stereocenters. The number of carbonyl (C=O) groups excluding carboxylic acids is 1. The van der Waals surface area contributed by atoms with Crippen molar-refractivity contribution in [2.75, 3.05) is 17.2 Å². The van der Waals surface area contributed by atoms with Crippen LogP contribution in [0.5, 0.6) is 0 Å². The quantitative estimate of drug-likeness (QED) is 0.829. The van der Waals surface area contributed by atoms with Crippen LogP contribution in [-0.4, -0.2) is 28.2 Å². The SMILES string of the molecule is O=C1CC(CS)CN1c1ncc(Br)c(C(F)(F)F)n1. The minimum Gasteiger partial charge on any atom is -0.280 e. The number of hydrogen-bond donors (Lipinski definition) is 1. The van der Waals surface area contributed by atoms with Gasteiger partial charge in [-0.2, -0.15) is 25.8 Å². The molecule has 0 bridgehead atoms. The van der Waals surface area contributed by atoms with E-state index >= 15 is 0 Å². The molecule has 0 radical (unpaired) electrons. The normalized spacial score (nSPS) is 20.2. The molecule has 0 aromatic carbocycles. The fourth-order valence-electron chi connectivity index (χ4n) is 1.78. The Bertz CT molecular complexity index is 511. The third-order valence-corrected chi connectivity index (χ3v) is 3.80. The van der Waals surface area contributed by atoms with Gasteiger partial charge in [0.05, 0.1) is 4.47 Å². The first-order valence-corrected chi connectivity index (χ1v) is 6.76. The molecule has 2 rings (SSSR count). The van der Waals surface area contributed by atoms with E-state index in [2.05, 4.69) is 38.5 Å². The topological polar surface area (TPSA) is 46.1 Å². The molecule has 0 N–H and O–H groups in total. The van der Waals surface area contributed by atoms with Crippen LogP contribution in [0, 0.1) is 5.92 Å². The average molecular weight is 356 g/mol. The van der Waals surface area contributed by atoms with Gasteiger partial charge < -0.3 is 0 Å². The second-order valence-corrected chi connectivity index (χ2v) is 5.34. The summed E-state index contributed by atoms with van der Waals surface area (Å²) in [6.07, 6.45) is -3.33. The van der Waals surface area contributed by atoms with Gasteiger partial charge >= 0.3 is 6.18 Å². The molecule has 104 valence electrons. The molecule has 1 aromatic rings. The zero-order chi connectivity index (χ0) is 14.2. The Morgan fingerprint density at radius 2 is 2.21 bits per heavy atom. The third-order valence-electron chi connectivity index (χ3n) is 2.70. The third kappa shape index (κ3) is 3.02. The van der Waals surface area contributed by atoms with Gasteiger partial charge in [-0.3, -0.25) is 9.69 Å². The number of amides is 1. The van der Waals surface area contributed by atoms with E-state index in [-0.39, 0.29) is 28.7 Å².